The number of hydrogen-bond donors (Lipinski definition) is 1. The molecule has 2 rings (SSSR count). The van der Waals surface area contributed by atoms with Crippen LogP contribution in [-0.2, 0) is 10.2 Å². The second-order valence-corrected chi connectivity index (χ2v) is 5.28. The van der Waals surface area contributed by atoms with E-state index in [9.17, 15) is 9.18 Å². The van der Waals surface area contributed by atoms with Gasteiger partial charge in [-0.15, -0.1) is 0 Å². The molecule has 3 heteroatoms. The molecule has 0 atom stereocenters. The minimum atomic E-state index is -0.808. The molecule has 1 aromatic rings. The number of carboxylic acid groups (broad SMARTS) is 1. The Morgan fingerprint density at radius 1 is 1.41 bits per heavy atom. The first-order chi connectivity index (χ1) is 7.93. The van der Waals surface area contributed by atoms with Crippen molar-refractivity contribution in [2.45, 2.75) is 44.4 Å². The molecule has 0 aliphatic heterocycles. The van der Waals surface area contributed by atoms with Crippen LogP contribution in [0.15, 0.2) is 18.2 Å². The topological polar surface area (TPSA) is 37.3 Å². The Labute approximate surface area is 100 Å². The predicted molar refractivity (Wildman–Crippen MR) is 63.7 cm³/mol. The van der Waals surface area contributed by atoms with E-state index in [1.807, 2.05) is 19.9 Å². The maximum absolute atomic E-state index is 13.5. The van der Waals surface area contributed by atoms with Gasteiger partial charge in [-0.1, -0.05) is 19.9 Å². The van der Waals surface area contributed by atoms with Crippen molar-refractivity contribution in [2.24, 2.45) is 0 Å². The third-order valence-corrected chi connectivity index (χ3v) is 3.54. The monoisotopic (exact) mass is 236 g/mol. The molecule has 0 heterocycles. The molecular formula is C14H17FO2. The van der Waals surface area contributed by atoms with Gasteiger partial charge < -0.3 is 5.11 Å². The second-order valence-electron chi connectivity index (χ2n) is 5.28. The molecule has 1 N–H and O–H groups in total. The van der Waals surface area contributed by atoms with E-state index in [0.717, 1.165) is 24.0 Å². The van der Waals surface area contributed by atoms with Crippen LogP contribution in [-0.4, -0.2) is 11.1 Å². The van der Waals surface area contributed by atoms with Gasteiger partial charge in [-0.25, -0.2) is 4.39 Å². The summed E-state index contributed by atoms with van der Waals surface area (Å²) in [6.07, 6.45) is 1.80. The van der Waals surface area contributed by atoms with Gasteiger partial charge in [0.15, 0.2) is 0 Å². The zero-order valence-electron chi connectivity index (χ0n) is 10.2. The highest BCUT2D eigenvalue weighted by atomic mass is 19.1. The third-order valence-electron chi connectivity index (χ3n) is 3.54. The molecule has 0 radical (unpaired) electrons. The molecule has 0 amide bonds. The largest absolute Gasteiger partial charge is 0.481 e. The van der Waals surface area contributed by atoms with E-state index in [4.69, 9.17) is 5.11 Å². The second kappa shape index (κ2) is 4.13. The van der Waals surface area contributed by atoms with Crippen molar-refractivity contribution in [2.75, 3.05) is 0 Å². The van der Waals surface area contributed by atoms with Gasteiger partial charge in [-0.2, -0.15) is 0 Å². The lowest BCUT2D eigenvalue weighted by atomic mass is 9.89. The Bertz CT molecular complexity index is 448. The molecule has 1 aliphatic rings. The predicted octanol–water partition coefficient (Wildman–Crippen LogP) is 3.46. The fourth-order valence-corrected chi connectivity index (χ4v) is 2.26. The summed E-state index contributed by atoms with van der Waals surface area (Å²) in [7, 11) is 0. The molecular weight excluding hydrogens is 219 g/mol. The number of aliphatic carboxylic acids is 1. The van der Waals surface area contributed by atoms with Crippen LogP contribution in [0.4, 0.5) is 4.39 Å². The van der Waals surface area contributed by atoms with Gasteiger partial charge in [-0.05, 0) is 42.0 Å². The van der Waals surface area contributed by atoms with Crippen molar-refractivity contribution in [3.05, 3.63) is 35.1 Å². The van der Waals surface area contributed by atoms with E-state index in [2.05, 4.69) is 0 Å². The highest BCUT2D eigenvalue weighted by Crippen LogP contribution is 2.51. The van der Waals surface area contributed by atoms with E-state index >= 15 is 0 Å². The van der Waals surface area contributed by atoms with Gasteiger partial charge >= 0.3 is 5.97 Å². The highest BCUT2D eigenvalue weighted by Gasteiger charge is 2.46. The maximum Gasteiger partial charge on any atom is 0.304 e. The minimum absolute atomic E-state index is 0.105. The molecule has 1 aliphatic carbocycles. The van der Waals surface area contributed by atoms with Gasteiger partial charge in [0.25, 0.3) is 0 Å². The van der Waals surface area contributed by atoms with Gasteiger partial charge in [-0.3, -0.25) is 4.79 Å². The molecule has 1 fully saturated rings. The first-order valence-electron chi connectivity index (χ1n) is 5.96. The SMILES string of the molecule is CC(C)c1cc(F)cc(C2(CC(=O)O)CC2)c1. The van der Waals surface area contributed by atoms with Crippen molar-refractivity contribution in [1.29, 1.82) is 0 Å². The van der Waals surface area contributed by atoms with Crippen LogP contribution in [0.3, 0.4) is 0 Å². The lowest BCUT2D eigenvalue weighted by Gasteiger charge is -2.16. The summed E-state index contributed by atoms with van der Waals surface area (Å²) < 4.78 is 13.5. The quantitative estimate of drug-likeness (QED) is 0.869. The van der Waals surface area contributed by atoms with Crippen molar-refractivity contribution < 1.29 is 14.3 Å². The van der Waals surface area contributed by atoms with Crippen LogP contribution < -0.4 is 0 Å². The van der Waals surface area contributed by atoms with Gasteiger partial charge in [0.05, 0.1) is 6.42 Å². The third kappa shape index (κ3) is 2.48. The minimum Gasteiger partial charge on any atom is -0.481 e. The van der Waals surface area contributed by atoms with Gasteiger partial charge in [0.2, 0.25) is 0 Å². The standard InChI is InChI=1S/C14H17FO2/c1-9(2)10-5-11(7-12(15)6-10)14(3-4-14)8-13(16)17/h5-7,9H,3-4,8H2,1-2H3,(H,16,17). The zero-order valence-corrected chi connectivity index (χ0v) is 10.2. The Hall–Kier alpha value is -1.38. The molecule has 1 aromatic carbocycles. The van der Waals surface area contributed by atoms with Gasteiger partial charge in [0, 0.05) is 5.41 Å². The average molecular weight is 236 g/mol. The Morgan fingerprint density at radius 3 is 2.53 bits per heavy atom. The van der Waals surface area contributed by atoms with E-state index in [-0.39, 0.29) is 23.6 Å². The van der Waals surface area contributed by atoms with Crippen LogP contribution in [0.2, 0.25) is 0 Å². The smallest absolute Gasteiger partial charge is 0.304 e. The van der Waals surface area contributed by atoms with Crippen LogP contribution >= 0.6 is 0 Å². The summed E-state index contributed by atoms with van der Waals surface area (Å²) in [5, 5.41) is 8.90. The van der Waals surface area contributed by atoms with E-state index < -0.39 is 5.97 Å². The summed E-state index contributed by atoms with van der Waals surface area (Å²) in [5.74, 6) is -0.814. The molecule has 1 saturated carbocycles. The van der Waals surface area contributed by atoms with Gasteiger partial charge in [0.1, 0.15) is 5.82 Å². The number of carboxylic acids is 1. The average Bonchev–Trinajstić information content (AvgIpc) is 2.97. The van der Waals surface area contributed by atoms with Crippen molar-refractivity contribution in [3.63, 3.8) is 0 Å². The first kappa shape index (κ1) is 12.1. The van der Waals surface area contributed by atoms with E-state index in [1.54, 1.807) is 0 Å². The molecule has 0 aromatic heterocycles. The van der Waals surface area contributed by atoms with Crippen molar-refractivity contribution in [1.82, 2.24) is 0 Å². The maximum atomic E-state index is 13.5. The lowest BCUT2D eigenvalue weighted by molar-refractivity contribution is -0.137. The number of halogens is 1. The highest BCUT2D eigenvalue weighted by molar-refractivity contribution is 5.70. The molecule has 0 bridgehead atoms. The Balaban J connectivity index is 2.35. The summed E-state index contributed by atoms with van der Waals surface area (Å²) in [5.41, 5.74) is 1.48. The van der Waals surface area contributed by atoms with Crippen molar-refractivity contribution >= 4 is 5.97 Å². The molecule has 0 spiro atoms. The summed E-state index contributed by atoms with van der Waals surface area (Å²) in [6.45, 7) is 4.02. The van der Waals surface area contributed by atoms with Crippen LogP contribution in [0, 0.1) is 5.82 Å². The fourth-order valence-electron chi connectivity index (χ4n) is 2.26. The molecule has 0 saturated heterocycles. The zero-order chi connectivity index (χ0) is 12.6. The van der Waals surface area contributed by atoms with Crippen molar-refractivity contribution in [3.8, 4) is 0 Å². The number of rotatable bonds is 4. The van der Waals surface area contributed by atoms with Crippen LogP contribution in [0.25, 0.3) is 0 Å². The Kier molecular flexibility index (Phi) is 2.94. The number of hydrogen-bond acceptors (Lipinski definition) is 1. The summed E-state index contributed by atoms with van der Waals surface area (Å²) >= 11 is 0. The summed E-state index contributed by atoms with van der Waals surface area (Å²) in [4.78, 5) is 10.8. The normalized spacial score (nSPS) is 17.2. The van der Waals surface area contributed by atoms with E-state index in [0.29, 0.717) is 0 Å². The van der Waals surface area contributed by atoms with Crippen LogP contribution in [0.5, 0.6) is 0 Å². The number of carbonyl (C=O) groups is 1. The molecule has 2 nitrogen and oxygen atoms in total. The molecule has 92 valence electrons. The fraction of sp³-hybridized carbons (Fsp3) is 0.500. The molecule has 0 unspecified atom stereocenters. The first-order valence-corrected chi connectivity index (χ1v) is 5.96. The van der Waals surface area contributed by atoms with Crippen LogP contribution in [0.1, 0.15) is 50.2 Å². The number of benzene rings is 1. The Morgan fingerprint density at radius 2 is 2.06 bits per heavy atom. The van der Waals surface area contributed by atoms with E-state index in [1.165, 1.54) is 12.1 Å². The summed E-state index contributed by atoms with van der Waals surface area (Å²) in [6, 6.07) is 4.98. The molecule has 17 heavy (non-hydrogen) atoms. The lowest BCUT2D eigenvalue weighted by Crippen LogP contribution is -2.13.